The molecule has 27 heavy (non-hydrogen) atoms. The van der Waals surface area contributed by atoms with Crippen molar-refractivity contribution in [3.8, 4) is 16.9 Å². The highest BCUT2D eigenvalue weighted by molar-refractivity contribution is 5.95. The lowest BCUT2D eigenvalue weighted by molar-refractivity contribution is -0.119. The lowest BCUT2D eigenvalue weighted by Gasteiger charge is -2.23. The Balaban J connectivity index is 1.84. The van der Waals surface area contributed by atoms with E-state index in [1.165, 1.54) is 0 Å². The van der Waals surface area contributed by atoms with Crippen molar-refractivity contribution in [3.63, 3.8) is 0 Å². The van der Waals surface area contributed by atoms with Crippen LogP contribution in [-0.2, 0) is 4.79 Å². The van der Waals surface area contributed by atoms with Crippen LogP contribution in [0.15, 0.2) is 42.5 Å². The summed E-state index contributed by atoms with van der Waals surface area (Å²) in [6.07, 6.45) is 1.75. The number of likely N-dealkylation sites (tertiary alicyclic amines) is 1. The standard InChI is InChI=1S/C21H24N2O4/c1-14-4-9-19(27-13-20(22)25)18(11-14)15-5-7-16(8-6-15)21(26)23-10-2-3-17(23)12-24/h4-9,11,17,24H,2-3,10,12-13H2,1H3,(H2,22,25)/t17-/m0/s1. The summed E-state index contributed by atoms with van der Waals surface area (Å²) < 4.78 is 5.52. The number of amides is 2. The number of hydrogen-bond donors (Lipinski definition) is 2. The summed E-state index contributed by atoms with van der Waals surface area (Å²) in [5.41, 5.74) is 8.54. The number of ether oxygens (including phenoxy) is 1. The lowest BCUT2D eigenvalue weighted by atomic mass is 10.0. The molecule has 3 rings (SSSR count). The molecule has 1 aliphatic heterocycles. The Bertz CT molecular complexity index is 833. The van der Waals surface area contributed by atoms with Gasteiger partial charge in [0.2, 0.25) is 0 Å². The molecule has 1 heterocycles. The average molecular weight is 368 g/mol. The smallest absolute Gasteiger partial charge is 0.255 e. The Morgan fingerprint density at radius 3 is 2.63 bits per heavy atom. The van der Waals surface area contributed by atoms with Gasteiger partial charge in [-0.25, -0.2) is 0 Å². The van der Waals surface area contributed by atoms with Gasteiger partial charge in [-0.05, 0) is 49.6 Å². The largest absolute Gasteiger partial charge is 0.483 e. The topological polar surface area (TPSA) is 92.9 Å². The highest BCUT2D eigenvalue weighted by atomic mass is 16.5. The molecule has 2 aromatic carbocycles. The summed E-state index contributed by atoms with van der Waals surface area (Å²) in [5.74, 6) is -0.0302. The maximum Gasteiger partial charge on any atom is 0.255 e. The number of aliphatic hydroxyl groups is 1. The van der Waals surface area contributed by atoms with Gasteiger partial charge in [-0.15, -0.1) is 0 Å². The van der Waals surface area contributed by atoms with E-state index in [-0.39, 0.29) is 25.2 Å². The van der Waals surface area contributed by atoms with Gasteiger partial charge in [0.05, 0.1) is 12.6 Å². The zero-order valence-corrected chi connectivity index (χ0v) is 15.4. The number of rotatable bonds is 6. The number of primary amides is 1. The van der Waals surface area contributed by atoms with Gasteiger partial charge in [0.25, 0.3) is 11.8 Å². The molecule has 0 spiro atoms. The molecular weight excluding hydrogens is 344 g/mol. The van der Waals surface area contributed by atoms with Crippen LogP contribution in [0.4, 0.5) is 0 Å². The molecule has 0 aliphatic carbocycles. The Morgan fingerprint density at radius 2 is 1.96 bits per heavy atom. The van der Waals surface area contributed by atoms with Gasteiger partial charge >= 0.3 is 0 Å². The van der Waals surface area contributed by atoms with Crippen LogP contribution in [0.2, 0.25) is 0 Å². The van der Waals surface area contributed by atoms with Crippen LogP contribution >= 0.6 is 0 Å². The number of nitrogens with two attached hydrogens (primary N) is 1. The Labute approximate surface area is 158 Å². The van der Waals surface area contributed by atoms with Crippen molar-refractivity contribution in [2.24, 2.45) is 5.73 Å². The molecule has 3 N–H and O–H groups in total. The van der Waals surface area contributed by atoms with E-state index in [2.05, 4.69) is 0 Å². The molecule has 1 saturated heterocycles. The van der Waals surface area contributed by atoms with Crippen LogP contribution in [0.5, 0.6) is 5.75 Å². The Hall–Kier alpha value is -2.86. The highest BCUT2D eigenvalue weighted by Crippen LogP contribution is 2.31. The number of hydrogen-bond acceptors (Lipinski definition) is 4. The van der Waals surface area contributed by atoms with E-state index in [9.17, 15) is 14.7 Å². The fourth-order valence-electron chi connectivity index (χ4n) is 3.40. The summed E-state index contributed by atoms with van der Waals surface area (Å²) in [6.45, 7) is 2.45. The maximum atomic E-state index is 12.7. The first-order valence-electron chi connectivity index (χ1n) is 9.03. The molecule has 0 bridgehead atoms. The van der Waals surface area contributed by atoms with E-state index in [0.717, 1.165) is 29.5 Å². The second-order valence-electron chi connectivity index (χ2n) is 6.81. The minimum absolute atomic E-state index is 0.00627. The van der Waals surface area contributed by atoms with Crippen molar-refractivity contribution in [2.75, 3.05) is 19.8 Å². The van der Waals surface area contributed by atoms with Crippen LogP contribution in [0.1, 0.15) is 28.8 Å². The molecule has 0 radical (unpaired) electrons. The number of benzene rings is 2. The van der Waals surface area contributed by atoms with Crippen LogP contribution in [0.3, 0.4) is 0 Å². The van der Waals surface area contributed by atoms with E-state index in [1.807, 2.05) is 37.3 Å². The van der Waals surface area contributed by atoms with Gasteiger partial charge in [-0.1, -0.05) is 23.8 Å². The van der Waals surface area contributed by atoms with Crippen LogP contribution in [-0.4, -0.2) is 47.6 Å². The van der Waals surface area contributed by atoms with E-state index < -0.39 is 5.91 Å². The SMILES string of the molecule is Cc1ccc(OCC(N)=O)c(-c2ccc(C(=O)N3CCC[C@H]3CO)cc2)c1. The fraction of sp³-hybridized carbons (Fsp3) is 0.333. The van der Waals surface area contributed by atoms with Crippen molar-refractivity contribution in [1.82, 2.24) is 4.90 Å². The molecule has 0 saturated carbocycles. The zero-order chi connectivity index (χ0) is 19.4. The summed E-state index contributed by atoms with van der Waals surface area (Å²) in [6, 6.07) is 12.9. The van der Waals surface area contributed by atoms with Gasteiger partial charge in [-0.3, -0.25) is 9.59 Å². The first-order valence-corrected chi connectivity index (χ1v) is 9.03. The Kier molecular flexibility index (Phi) is 5.76. The van der Waals surface area contributed by atoms with Gasteiger partial charge in [0, 0.05) is 17.7 Å². The van der Waals surface area contributed by atoms with Crippen LogP contribution in [0, 0.1) is 6.92 Å². The number of aliphatic hydroxyl groups excluding tert-OH is 1. The molecule has 2 aromatic rings. The predicted octanol–water partition coefficient (Wildman–Crippen LogP) is 2.12. The predicted molar refractivity (Wildman–Crippen MR) is 102 cm³/mol. The molecule has 0 unspecified atom stereocenters. The number of carbonyl (C=O) groups excluding carboxylic acids is 2. The van der Waals surface area contributed by atoms with Crippen molar-refractivity contribution in [2.45, 2.75) is 25.8 Å². The van der Waals surface area contributed by atoms with Crippen LogP contribution in [0.25, 0.3) is 11.1 Å². The molecule has 142 valence electrons. The second kappa shape index (κ2) is 8.22. The van der Waals surface area contributed by atoms with Gasteiger partial charge < -0.3 is 20.5 Å². The van der Waals surface area contributed by atoms with Crippen molar-refractivity contribution < 1.29 is 19.4 Å². The fourth-order valence-corrected chi connectivity index (χ4v) is 3.40. The summed E-state index contributed by atoms with van der Waals surface area (Å²) >= 11 is 0. The van der Waals surface area contributed by atoms with Gasteiger partial charge in [0.15, 0.2) is 6.61 Å². The quantitative estimate of drug-likeness (QED) is 0.817. The molecule has 1 atom stereocenters. The van der Waals surface area contributed by atoms with Gasteiger partial charge in [-0.2, -0.15) is 0 Å². The maximum absolute atomic E-state index is 12.7. The number of aryl methyl sites for hydroxylation is 1. The summed E-state index contributed by atoms with van der Waals surface area (Å²) in [4.78, 5) is 25.5. The lowest BCUT2D eigenvalue weighted by Crippen LogP contribution is -2.37. The molecular formula is C21H24N2O4. The summed E-state index contributed by atoms with van der Waals surface area (Å²) in [7, 11) is 0. The molecule has 1 aliphatic rings. The minimum Gasteiger partial charge on any atom is -0.483 e. The molecule has 6 nitrogen and oxygen atoms in total. The van der Waals surface area contributed by atoms with Crippen LogP contribution < -0.4 is 10.5 Å². The molecule has 2 amide bonds. The number of carbonyl (C=O) groups is 2. The first-order chi connectivity index (χ1) is 13.0. The average Bonchev–Trinajstić information content (AvgIpc) is 3.15. The van der Waals surface area contributed by atoms with E-state index in [1.54, 1.807) is 17.0 Å². The molecule has 1 fully saturated rings. The Morgan fingerprint density at radius 1 is 1.22 bits per heavy atom. The number of nitrogens with zero attached hydrogens (tertiary/aromatic N) is 1. The van der Waals surface area contributed by atoms with Gasteiger partial charge in [0.1, 0.15) is 5.75 Å². The normalized spacial score (nSPS) is 16.4. The van der Waals surface area contributed by atoms with E-state index >= 15 is 0 Å². The minimum atomic E-state index is -0.536. The highest BCUT2D eigenvalue weighted by Gasteiger charge is 2.28. The molecule has 6 heteroatoms. The van der Waals surface area contributed by atoms with Crippen molar-refractivity contribution in [1.29, 1.82) is 0 Å². The van der Waals surface area contributed by atoms with E-state index in [0.29, 0.717) is 17.9 Å². The zero-order valence-electron chi connectivity index (χ0n) is 15.4. The van der Waals surface area contributed by atoms with Crippen molar-refractivity contribution >= 4 is 11.8 Å². The van der Waals surface area contributed by atoms with Crippen molar-refractivity contribution in [3.05, 3.63) is 53.6 Å². The first kappa shape index (κ1) is 18.9. The second-order valence-corrected chi connectivity index (χ2v) is 6.81. The van der Waals surface area contributed by atoms with E-state index in [4.69, 9.17) is 10.5 Å². The third kappa shape index (κ3) is 4.28. The summed E-state index contributed by atoms with van der Waals surface area (Å²) in [5, 5.41) is 9.43. The monoisotopic (exact) mass is 368 g/mol. The third-order valence-corrected chi connectivity index (χ3v) is 4.80. The third-order valence-electron chi connectivity index (χ3n) is 4.80. The molecule has 0 aromatic heterocycles.